The summed E-state index contributed by atoms with van der Waals surface area (Å²) >= 11 is 0. The van der Waals surface area contributed by atoms with Crippen LogP contribution in [0.5, 0.6) is 0 Å². The minimum atomic E-state index is -3.35. The molecule has 0 heterocycles. The minimum Gasteiger partial charge on any atom is -0.394 e. The third-order valence-corrected chi connectivity index (χ3v) is 3.79. The molecule has 0 saturated carbocycles. The first-order valence-corrected chi connectivity index (χ1v) is 7.38. The van der Waals surface area contributed by atoms with E-state index in [1.165, 1.54) is 4.31 Å². The van der Waals surface area contributed by atoms with Gasteiger partial charge < -0.3 is 9.84 Å². The third-order valence-electron chi connectivity index (χ3n) is 2.22. The highest BCUT2D eigenvalue weighted by Crippen LogP contribution is 1.97. The maximum Gasteiger partial charge on any atom is 0.279 e. The molecule has 0 atom stereocenters. The van der Waals surface area contributed by atoms with Gasteiger partial charge in [-0.25, -0.2) is 4.72 Å². The molecule has 0 amide bonds. The number of nitrogens with zero attached hydrogens (tertiary/aromatic N) is 1. The predicted molar refractivity (Wildman–Crippen MR) is 67.0 cm³/mol. The number of aliphatic hydroxyl groups excluding tert-OH is 1. The van der Waals surface area contributed by atoms with Crippen LogP contribution in [0, 0.1) is 0 Å². The smallest absolute Gasteiger partial charge is 0.279 e. The molecule has 0 aromatic rings. The van der Waals surface area contributed by atoms with Crippen LogP contribution >= 0.6 is 0 Å². The van der Waals surface area contributed by atoms with E-state index in [2.05, 4.69) is 4.72 Å². The van der Waals surface area contributed by atoms with E-state index in [1.54, 1.807) is 7.05 Å². The fraction of sp³-hybridized carbons (Fsp3) is 1.00. The summed E-state index contributed by atoms with van der Waals surface area (Å²) < 4.78 is 32.2. The Morgan fingerprint density at radius 2 is 2.00 bits per heavy atom. The molecule has 0 aromatic heterocycles. The predicted octanol–water partition coefficient (Wildman–Crippen LogP) is -0.0483. The van der Waals surface area contributed by atoms with Crippen molar-refractivity contribution < 1.29 is 18.3 Å². The zero-order valence-corrected chi connectivity index (χ0v) is 11.5. The second kappa shape index (κ2) is 9.78. The molecule has 0 unspecified atom stereocenters. The summed E-state index contributed by atoms with van der Waals surface area (Å²) in [4.78, 5) is 0. The first-order chi connectivity index (χ1) is 8.04. The van der Waals surface area contributed by atoms with Gasteiger partial charge in [0.2, 0.25) is 0 Å². The Balaban J connectivity index is 3.70. The highest BCUT2D eigenvalue weighted by Gasteiger charge is 2.15. The van der Waals surface area contributed by atoms with Crippen molar-refractivity contribution in [2.45, 2.75) is 26.2 Å². The van der Waals surface area contributed by atoms with E-state index in [9.17, 15) is 8.42 Å². The minimum absolute atomic E-state index is 0.00845. The molecule has 104 valence electrons. The second-order valence-corrected chi connectivity index (χ2v) is 5.63. The maximum atomic E-state index is 11.7. The van der Waals surface area contributed by atoms with Gasteiger partial charge in [0.05, 0.1) is 13.2 Å². The molecule has 0 rings (SSSR count). The second-order valence-electron chi connectivity index (χ2n) is 3.76. The lowest BCUT2D eigenvalue weighted by Crippen LogP contribution is -2.39. The summed E-state index contributed by atoms with van der Waals surface area (Å²) in [5.74, 6) is 0. The molecule has 2 N–H and O–H groups in total. The fourth-order valence-electron chi connectivity index (χ4n) is 1.15. The summed E-state index contributed by atoms with van der Waals surface area (Å²) in [6.07, 6.45) is 2.42. The van der Waals surface area contributed by atoms with E-state index in [0.29, 0.717) is 32.7 Å². The van der Waals surface area contributed by atoms with Gasteiger partial charge in [-0.15, -0.1) is 0 Å². The molecule has 0 aliphatic carbocycles. The highest BCUT2D eigenvalue weighted by atomic mass is 32.2. The number of ether oxygens (including phenoxy) is 1. The Bertz CT molecular complexity index is 269. The molecule has 0 bridgehead atoms. The summed E-state index contributed by atoms with van der Waals surface area (Å²) in [7, 11) is -1.78. The van der Waals surface area contributed by atoms with Crippen LogP contribution in [0.15, 0.2) is 0 Å². The quantitative estimate of drug-likeness (QED) is 0.515. The fourth-order valence-corrected chi connectivity index (χ4v) is 2.15. The number of hydrogen-bond donors (Lipinski definition) is 2. The van der Waals surface area contributed by atoms with Gasteiger partial charge >= 0.3 is 0 Å². The van der Waals surface area contributed by atoms with Crippen molar-refractivity contribution in [1.82, 2.24) is 9.03 Å². The lowest BCUT2D eigenvalue weighted by Gasteiger charge is -2.17. The molecular weight excluding hydrogens is 244 g/mol. The largest absolute Gasteiger partial charge is 0.394 e. The third kappa shape index (κ3) is 8.50. The summed E-state index contributed by atoms with van der Waals surface area (Å²) in [5, 5.41) is 8.46. The van der Waals surface area contributed by atoms with Crippen LogP contribution < -0.4 is 4.72 Å². The van der Waals surface area contributed by atoms with Crippen molar-refractivity contribution in [3.63, 3.8) is 0 Å². The molecule has 0 aromatic carbocycles. The van der Waals surface area contributed by atoms with Crippen LogP contribution in [-0.4, -0.2) is 57.8 Å². The zero-order chi connectivity index (χ0) is 13.1. The Labute approximate surface area is 104 Å². The standard InChI is InChI=1S/C10H24N2O4S/c1-3-4-7-12(2)17(14,15)11-6-5-9-16-10-8-13/h11,13H,3-10H2,1-2H3. The topological polar surface area (TPSA) is 78.9 Å². The van der Waals surface area contributed by atoms with E-state index in [-0.39, 0.29) is 6.61 Å². The van der Waals surface area contributed by atoms with Gasteiger partial charge in [-0.05, 0) is 12.8 Å². The normalized spacial score (nSPS) is 12.2. The molecule has 6 nitrogen and oxygen atoms in total. The van der Waals surface area contributed by atoms with E-state index >= 15 is 0 Å². The molecular formula is C10H24N2O4S. The van der Waals surface area contributed by atoms with Gasteiger partial charge in [-0.1, -0.05) is 13.3 Å². The van der Waals surface area contributed by atoms with Crippen molar-refractivity contribution in [3.8, 4) is 0 Å². The Morgan fingerprint density at radius 1 is 1.29 bits per heavy atom. The number of rotatable bonds is 11. The van der Waals surface area contributed by atoms with Crippen LogP contribution in [-0.2, 0) is 14.9 Å². The lowest BCUT2D eigenvalue weighted by atomic mass is 10.3. The Hall–Kier alpha value is -0.210. The number of nitrogens with one attached hydrogen (secondary N) is 1. The molecule has 0 fully saturated rings. The van der Waals surface area contributed by atoms with Gasteiger partial charge in [0.25, 0.3) is 10.2 Å². The van der Waals surface area contributed by atoms with E-state index in [4.69, 9.17) is 9.84 Å². The molecule has 0 spiro atoms. The van der Waals surface area contributed by atoms with Crippen LogP contribution in [0.25, 0.3) is 0 Å². The molecule has 0 aliphatic rings. The van der Waals surface area contributed by atoms with Crippen molar-refractivity contribution in [1.29, 1.82) is 0 Å². The first-order valence-electron chi connectivity index (χ1n) is 5.94. The average molecular weight is 268 g/mol. The van der Waals surface area contributed by atoms with Gasteiger partial charge in [0.1, 0.15) is 0 Å². The van der Waals surface area contributed by atoms with Crippen molar-refractivity contribution in [2.24, 2.45) is 0 Å². The van der Waals surface area contributed by atoms with E-state index < -0.39 is 10.2 Å². The van der Waals surface area contributed by atoms with Crippen molar-refractivity contribution in [2.75, 3.05) is 40.0 Å². The van der Waals surface area contributed by atoms with Crippen molar-refractivity contribution in [3.05, 3.63) is 0 Å². The van der Waals surface area contributed by atoms with Gasteiger partial charge in [-0.2, -0.15) is 12.7 Å². The lowest BCUT2D eigenvalue weighted by molar-refractivity contribution is 0.0913. The Kier molecular flexibility index (Phi) is 9.66. The summed E-state index contributed by atoms with van der Waals surface area (Å²) in [6.45, 7) is 3.64. The summed E-state index contributed by atoms with van der Waals surface area (Å²) in [6, 6.07) is 0. The number of aliphatic hydroxyl groups is 1. The van der Waals surface area contributed by atoms with E-state index in [1.807, 2.05) is 6.92 Å². The number of hydrogen-bond acceptors (Lipinski definition) is 4. The average Bonchev–Trinajstić information content (AvgIpc) is 2.30. The van der Waals surface area contributed by atoms with E-state index in [0.717, 1.165) is 12.8 Å². The van der Waals surface area contributed by atoms with Crippen LogP contribution in [0.4, 0.5) is 0 Å². The molecule has 17 heavy (non-hydrogen) atoms. The highest BCUT2D eigenvalue weighted by molar-refractivity contribution is 7.87. The number of unbranched alkanes of at least 4 members (excludes halogenated alkanes) is 1. The SMILES string of the molecule is CCCCN(C)S(=O)(=O)NCCCOCCO. The van der Waals surface area contributed by atoms with Crippen LogP contribution in [0.1, 0.15) is 26.2 Å². The maximum absolute atomic E-state index is 11.7. The van der Waals surface area contributed by atoms with Crippen LogP contribution in [0.3, 0.4) is 0 Å². The summed E-state index contributed by atoms with van der Waals surface area (Å²) in [5.41, 5.74) is 0. The monoisotopic (exact) mass is 268 g/mol. The zero-order valence-electron chi connectivity index (χ0n) is 10.7. The first kappa shape index (κ1) is 16.8. The van der Waals surface area contributed by atoms with Gasteiger partial charge in [0, 0.05) is 26.7 Å². The van der Waals surface area contributed by atoms with Gasteiger partial charge in [0.15, 0.2) is 0 Å². The molecule has 0 saturated heterocycles. The van der Waals surface area contributed by atoms with Crippen LogP contribution in [0.2, 0.25) is 0 Å². The Morgan fingerprint density at radius 3 is 2.59 bits per heavy atom. The van der Waals surface area contributed by atoms with Gasteiger partial charge in [-0.3, -0.25) is 0 Å². The molecule has 7 heteroatoms. The van der Waals surface area contributed by atoms with Crippen molar-refractivity contribution >= 4 is 10.2 Å². The molecule has 0 aliphatic heterocycles. The molecule has 0 radical (unpaired) electrons.